The molecule has 0 spiro atoms. The van der Waals surface area contributed by atoms with Crippen molar-refractivity contribution in [3.8, 4) is 0 Å². The summed E-state index contributed by atoms with van der Waals surface area (Å²) in [5, 5.41) is 0.463. The maximum Gasteiger partial charge on any atom is 0.159 e. The predicted octanol–water partition coefficient (Wildman–Crippen LogP) is 4.10. The zero-order chi connectivity index (χ0) is 13.3. The van der Waals surface area contributed by atoms with Gasteiger partial charge >= 0.3 is 0 Å². The summed E-state index contributed by atoms with van der Waals surface area (Å²) in [7, 11) is 0. The van der Waals surface area contributed by atoms with Crippen LogP contribution in [0.4, 0.5) is 14.5 Å². The van der Waals surface area contributed by atoms with Crippen molar-refractivity contribution in [3.63, 3.8) is 0 Å². The zero-order valence-electron chi connectivity index (χ0n) is 9.81. The lowest BCUT2D eigenvalue weighted by atomic mass is 10.0. The zero-order valence-corrected chi connectivity index (χ0v) is 10.6. The van der Waals surface area contributed by atoms with E-state index in [1.807, 2.05) is 13.0 Å². The van der Waals surface area contributed by atoms with Crippen molar-refractivity contribution in [2.45, 2.75) is 13.3 Å². The summed E-state index contributed by atoms with van der Waals surface area (Å²) in [6, 6.07) is 7.48. The van der Waals surface area contributed by atoms with E-state index in [0.29, 0.717) is 22.7 Å². The van der Waals surface area contributed by atoms with Crippen molar-refractivity contribution < 1.29 is 8.78 Å². The molecule has 2 aromatic carbocycles. The molecule has 0 aromatic heterocycles. The van der Waals surface area contributed by atoms with Crippen LogP contribution in [0.1, 0.15) is 16.7 Å². The Morgan fingerprint density at radius 3 is 2.50 bits per heavy atom. The second-order valence-corrected chi connectivity index (χ2v) is 4.63. The first kappa shape index (κ1) is 12.8. The highest BCUT2D eigenvalue weighted by Crippen LogP contribution is 2.27. The van der Waals surface area contributed by atoms with Crippen LogP contribution in [0.2, 0.25) is 5.02 Å². The number of nitrogens with two attached hydrogens (primary N) is 1. The minimum Gasteiger partial charge on any atom is -0.398 e. The average Bonchev–Trinajstić information content (AvgIpc) is 2.30. The van der Waals surface area contributed by atoms with Gasteiger partial charge in [0.2, 0.25) is 0 Å². The smallest absolute Gasteiger partial charge is 0.159 e. The summed E-state index contributed by atoms with van der Waals surface area (Å²) in [5.41, 5.74) is 8.70. The van der Waals surface area contributed by atoms with Crippen molar-refractivity contribution in [2.75, 3.05) is 5.73 Å². The lowest BCUT2D eigenvalue weighted by Crippen LogP contribution is -1.96. The Morgan fingerprint density at radius 1 is 1.11 bits per heavy atom. The van der Waals surface area contributed by atoms with Crippen LogP contribution in [-0.2, 0) is 6.42 Å². The van der Waals surface area contributed by atoms with Gasteiger partial charge in [0.05, 0.1) is 10.7 Å². The maximum absolute atomic E-state index is 13.1. The quantitative estimate of drug-likeness (QED) is 0.815. The van der Waals surface area contributed by atoms with Crippen molar-refractivity contribution in [1.82, 2.24) is 0 Å². The Labute approximate surface area is 109 Å². The number of rotatable bonds is 2. The highest BCUT2D eigenvalue weighted by atomic mass is 35.5. The number of nitrogen functional groups attached to an aromatic ring is 1. The Morgan fingerprint density at radius 2 is 1.83 bits per heavy atom. The lowest BCUT2D eigenvalue weighted by Gasteiger charge is -2.09. The number of hydrogen-bond donors (Lipinski definition) is 1. The summed E-state index contributed by atoms with van der Waals surface area (Å²) >= 11 is 6.09. The Hall–Kier alpha value is -1.61. The van der Waals surface area contributed by atoms with E-state index in [2.05, 4.69) is 0 Å². The van der Waals surface area contributed by atoms with Crippen LogP contribution in [0.5, 0.6) is 0 Å². The molecule has 0 aliphatic carbocycles. The van der Waals surface area contributed by atoms with Gasteiger partial charge in [-0.3, -0.25) is 0 Å². The second kappa shape index (κ2) is 4.94. The molecule has 0 saturated carbocycles. The van der Waals surface area contributed by atoms with Crippen LogP contribution in [0, 0.1) is 18.6 Å². The van der Waals surface area contributed by atoms with E-state index in [-0.39, 0.29) is 0 Å². The van der Waals surface area contributed by atoms with E-state index in [1.54, 1.807) is 6.07 Å². The van der Waals surface area contributed by atoms with Gasteiger partial charge in [0.25, 0.3) is 0 Å². The topological polar surface area (TPSA) is 26.0 Å². The summed E-state index contributed by atoms with van der Waals surface area (Å²) in [4.78, 5) is 0. The molecule has 0 heterocycles. The van der Waals surface area contributed by atoms with Gasteiger partial charge < -0.3 is 5.73 Å². The van der Waals surface area contributed by atoms with Gasteiger partial charge in [-0.25, -0.2) is 8.78 Å². The third-order valence-electron chi connectivity index (χ3n) is 2.70. The molecule has 0 aliphatic heterocycles. The molecule has 0 aliphatic rings. The van der Waals surface area contributed by atoms with Gasteiger partial charge in [0.15, 0.2) is 11.6 Å². The van der Waals surface area contributed by atoms with Gasteiger partial charge in [0, 0.05) is 0 Å². The second-order valence-electron chi connectivity index (χ2n) is 4.25. The van der Waals surface area contributed by atoms with Gasteiger partial charge in [-0.2, -0.15) is 0 Å². The van der Waals surface area contributed by atoms with E-state index in [0.717, 1.165) is 17.2 Å². The molecule has 0 unspecified atom stereocenters. The molecule has 18 heavy (non-hydrogen) atoms. The fourth-order valence-electron chi connectivity index (χ4n) is 1.87. The third-order valence-corrected chi connectivity index (χ3v) is 3.16. The Bertz CT molecular complexity index is 597. The molecule has 1 nitrogen and oxygen atoms in total. The highest BCUT2D eigenvalue weighted by molar-refractivity contribution is 6.33. The monoisotopic (exact) mass is 267 g/mol. The molecule has 0 radical (unpaired) electrons. The van der Waals surface area contributed by atoms with Gasteiger partial charge in [-0.1, -0.05) is 23.7 Å². The molecule has 0 saturated heterocycles. The van der Waals surface area contributed by atoms with Crippen LogP contribution in [0.15, 0.2) is 30.3 Å². The Balaban J connectivity index is 2.36. The summed E-state index contributed by atoms with van der Waals surface area (Å²) in [5.74, 6) is -1.71. The molecule has 2 aromatic rings. The Kier molecular flexibility index (Phi) is 3.53. The van der Waals surface area contributed by atoms with Crippen LogP contribution >= 0.6 is 11.6 Å². The van der Waals surface area contributed by atoms with E-state index in [4.69, 9.17) is 17.3 Å². The molecule has 2 rings (SSSR count). The standard InChI is InChI=1S/C14H12ClF2N/c1-8-4-10(14(15)13(18)5-8)6-9-2-3-11(16)12(17)7-9/h2-5,7H,6,18H2,1H3. The van der Waals surface area contributed by atoms with Crippen LogP contribution in [-0.4, -0.2) is 0 Å². The maximum atomic E-state index is 13.1. The molecular weight excluding hydrogens is 256 g/mol. The first-order chi connectivity index (χ1) is 8.47. The summed E-state index contributed by atoms with van der Waals surface area (Å²) < 4.78 is 25.9. The fourth-order valence-corrected chi connectivity index (χ4v) is 2.05. The minimum absolute atomic E-state index is 0.419. The molecule has 94 valence electrons. The van der Waals surface area contributed by atoms with Crippen molar-refractivity contribution in [1.29, 1.82) is 0 Å². The van der Waals surface area contributed by atoms with Gasteiger partial charge in [-0.05, 0) is 48.2 Å². The number of aryl methyl sites for hydroxylation is 1. The summed E-state index contributed by atoms with van der Waals surface area (Å²) in [6.07, 6.45) is 0.419. The van der Waals surface area contributed by atoms with Gasteiger partial charge in [-0.15, -0.1) is 0 Å². The fraction of sp³-hybridized carbons (Fsp3) is 0.143. The molecule has 0 amide bonds. The van der Waals surface area contributed by atoms with E-state index in [9.17, 15) is 8.78 Å². The van der Waals surface area contributed by atoms with Crippen LogP contribution in [0.25, 0.3) is 0 Å². The number of anilines is 1. The number of halogens is 3. The first-order valence-corrected chi connectivity index (χ1v) is 5.83. The van der Waals surface area contributed by atoms with E-state index < -0.39 is 11.6 Å². The number of benzene rings is 2. The van der Waals surface area contributed by atoms with E-state index in [1.165, 1.54) is 12.1 Å². The van der Waals surface area contributed by atoms with Crippen LogP contribution in [0.3, 0.4) is 0 Å². The van der Waals surface area contributed by atoms with Crippen LogP contribution < -0.4 is 5.73 Å². The lowest BCUT2D eigenvalue weighted by molar-refractivity contribution is 0.507. The molecule has 0 atom stereocenters. The number of hydrogen-bond acceptors (Lipinski definition) is 1. The van der Waals surface area contributed by atoms with E-state index >= 15 is 0 Å². The SMILES string of the molecule is Cc1cc(N)c(Cl)c(Cc2ccc(F)c(F)c2)c1. The normalized spacial score (nSPS) is 10.7. The molecule has 0 fully saturated rings. The molecule has 2 N–H and O–H groups in total. The molecule has 0 bridgehead atoms. The van der Waals surface area contributed by atoms with Crippen molar-refractivity contribution in [3.05, 3.63) is 63.7 Å². The molecular formula is C14H12ClF2N. The average molecular weight is 268 g/mol. The third kappa shape index (κ3) is 2.62. The predicted molar refractivity (Wildman–Crippen MR) is 69.8 cm³/mol. The largest absolute Gasteiger partial charge is 0.398 e. The van der Waals surface area contributed by atoms with Crippen molar-refractivity contribution >= 4 is 17.3 Å². The molecule has 4 heteroatoms. The summed E-state index contributed by atoms with van der Waals surface area (Å²) in [6.45, 7) is 1.90. The first-order valence-electron chi connectivity index (χ1n) is 5.46. The van der Waals surface area contributed by atoms with Gasteiger partial charge in [0.1, 0.15) is 0 Å². The minimum atomic E-state index is -0.857. The highest BCUT2D eigenvalue weighted by Gasteiger charge is 2.08. The van der Waals surface area contributed by atoms with Crippen molar-refractivity contribution in [2.24, 2.45) is 0 Å².